The summed E-state index contributed by atoms with van der Waals surface area (Å²) in [5, 5.41) is 13.2. The Balaban J connectivity index is 1.49. The average molecular weight is 453 g/mol. The molecule has 29 heavy (non-hydrogen) atoms. The first-order valence-corrected chi connectivity index (χ1v) is 9.34. The Bertz CT molecular complexity index is 1310. The molecule has 4 rings (SSSR count). The van der Waals surface area contributed by atoms with E-state index in [4.69, 9.17) is 13.6 Å². The summed E-state index contributed by atoms with van der Waals surface area (Å²) in [6, 6.07) is 14.2. The highest BCUT2D eigenvalue weighted by atomic mass is 79.9. The Kier molecular flexibility index (Phi) is 4.82. The molecular formula is C21H13BrN2O5. The maximum atomic E-state index is 12.4. The van der Waals surface area contributed by atoms with Crippen LogP contribution < -0.4 is 5.32 Å². The van der Waals surface area contributed by atoms with Gasteiger partial charge in [-0.05, 0) is 37.3 Å². The van der Waals surface area contributed by atoms with Gasteiger partial charge in [0.1, 0.15) is 22.9 Å². The number of benzene rings is 2. The molecule has 2 aromatic heterocycles. The van der Waals surface area contributed by atoms with Crippen LogP contribution in [0, 0.1) is 18.3 Å². The van der Waals surface area contributed by atoms with Gasteiger partial charge in [0, 0.05) is 20.8 Å². The number of carbonyl (C=O) groups is 2. The minimum absolute atomic E-state index is 0.0235. The van der Waals surface area contributed by atoms with Crippen LogP contribution >= 0.6 is 15.9 Å². The molecule has 4 aromatic rings. The molecule has 2 aromatic carbocycles. The summed E-state index contributed by atoms with van der Waals surface area (Å²) in [5.74, 6) is -1.33. The fourth-order valence-electron chi connectivity index (χ4n) is 3.01. The van der Waals surface area contributed by atoms with E-state index in [0.717, 1.165) is 9.86 Å². The molecule has 2 heterocycles. The highest BCUT2D eigenvalue weighted by Crippen LogP contribution is 2.30. The first kappa shape index (κ1) is 18.8. The van der Waals surface area contributed by atoms with Gasteiger partial charge in [-0.25, -0.2) is 4.79 Å². The summed E-state index contributed by atoms with van der Waals surface area (Å²) in [4.78, 5) is 24.7. The zero-order valence-corrected chi connectivity index (χ0v) is 16.7. The van der Waals surface area contributed by atoms with Crippen molar-refractivity contribution in [3.8, 4) is 6.07 Å². The van der Waals surface area contributed by atoms with Crippen LogP contribution in [0.4, 0.5) is 5.69 Å². The van der Waals surface area contributed by atoms with Gasteiger partial charge in [0.2, 0.25) is 11.5 Å². The molecule has 0 aliphatic rings. The Hall–Kier alpha value is -3.57. The quantitative estimate of drug-likeness (QED) is 0.440. The van der Waals surface area contributed by atoms with Crippen LogP contribution in [0.15, 0.2) is 55.8 Å². The number of hydrogen-bond donors (Lipinski definition) is 1. The second kappa shape index (κ2) is 7.45. The molecule has 144 valence electrons. The molecule has 1 N–H and O–H groups in total. The molecule has 0 spiro atoms. The van der Waals surface area contributed by atoms with Crippen molar-refractivity contribution in [2.24, 2.45) is 0 Å². The first-order chi connectivity index (χ1) is 14.0. The molecule has 0 fully saturated rings. The topological polar surface area (TPSA) is 105 Å². The van der Waals surface area contributed by atoms with Crippen molar-refractivity contribution in [3.05, 3.63) is 64.0 Å². The summed E-state index contributed by atoms with van der Waals surface area (Å²) in [7, 11) is 0. The van der Waals surface area contributed by atoms with Crippen LogP contribution in [0.1, 0.15) is 21.9 Å². The third-order valence-corrected chi connectivity index (χ3v) is 4.87. The highest BCUT2D eigenvalue weighted by Gasteiger charge is 2.21. The van der Waals surface area contributed by atoms with E-state index in [9.17, 15) is 14.9 Å². The third-order valence-electron chi connectivity index (χ3n) is 4.38. The lowest BCUT2D eigenvalue weighted by Gasteiger charge is -2.05. The van der Waals surface area contributed by atoms with E-state index in [0.29, 0.717) is 22.1 Å². The summed E-state index contributed by atoms with van der Waals surface area (Å²) in [6.45, 7) is 1.20. The molecular weight excluding hydrogens is 440 g/mol. The van der Waals surface area contributed by atoms with Crippen molar-refractivity contribution in [2.75, 3.05) is 11.9 Å². The normalized spacial score (nSPS) is 10.8. The van der Waals surface area contributed by atoms with E-state index in [1.54, 1.807) is 43.3 Å². The zero-order valence-electron chi connectivity index (χ0n) is 15.1. The molecule has 0 aliphatic heterocycles. The second-order valence-electron chi connectivity index (χ2n) is 6.24. The minimum Gasteiger partial charge on any atom is -0.450 e. The lowest BCUT2D eigenvalue weighted by Crippen LogP contribution is -2.21. The number of anilines is 1. The number of nitrogens with one attached hydrogen (secondary N) is 1. The number of para-hydroxylation sites is 1. The van der Waals surface area contributed by atoms with Crippen molar-refractivity contribution in [2.45, 2.75) is 6.92 Å². The van der Waals surface area contributed by atoms with Gasteiger partial charge >= 0.3 is 5.97 Å². The maximum absolute atomic E-state index is 12.4. The summed E-state index contributed by atoms with van der Waals surface area (Å²) in [6.07, 6.45) is 0. The number of esters is 1. The van der Waals surface area contributed by atoms with Crippen molar-refractivity contribution in [3.63, 3.8) is 0 Å². The molecule has 7 nitrogen and oxygen atoms in total. The van der Waals surface area contributed by atoms with E-state index in [-0.39, 0.29) is 17.2 Å². The third kappa shape index (κ3) is 3.48. The van der Waals surface area contributed by atoms with E-state index in [2.05, 4.69) is 21.2 Å². The lowest BCUT2D eigenvalue weighted by atomic mass is 10.1. The second-order valence-corrected chi connectivity index (χ2v) is 7.15. The Morgan fingerprint density at radius 1 is 1.14 bits per heavy atom. The van der Waals surface area contributed by atoms with Crippen LogP contribution in [0.5, 0.6) is 0 Å². The number of furan rings is 2. The van der Waals surface area contributed by atoms with E-state index >= 15 is 0 Å². The maximum Gasteiger partial charge on any atom is 0.375 e. The molecule has 8 heteroatoms. The molecule has 0 aliphatic carbocycles. The highest BCUT2D eigenvalue weighted by molar-refractivity contribution is 9.10. The van der Waals surface area contributed by atoms with Gasteiger partial charge in [-0.2, -0.15) is 5.26 Å². The standard InChI is InChI=1S/C21H13BrN2O5/c1-11-14-8-12(22)6-7-16(14)29-20(11)21(26)27-10-18(25)24-19-13-4-2-3-5-15(13)28-17(19)9-23/h2-8H,10H2,1H3,(H,24,25). The van der Waals surface area contributed by atoms with Crippen molar-refractivity contribution in [1.29, 1.82) is 5.26 Å². The fraction of sp³-hybridized carbons (Fsp3) is 0.0952. The fourth-order valence-corrected chi connectivity index (χ4v) is 3.37. The number of fused-ring (bicyclic) bond motifs is 2. The number of carbonyl (C=O) groups excluding carboxylic acids is 2. The molecule has 1 amide bonds. The molecule has 0 unspecified atom stereocenters. The molecule has 0 saturated carbocycles. The predicted octanol–water partition coefficient (Wildman–Crippen LogP) is 4.92. The number of amides is 1. The number of hydrogen-bond acceptors (Lipinski definition) is 6. The number of nitrogens with zero attached hydrogens (tertiary/aromatic N) is 1. The number of nitriles is 1. The Labute approximate surface area is 173 Å². The van der Waals surface area contributed by atoms with Gasteiger partial charge in [0.15, 0.2) is 6.61 Å². The van der Waals surface area contributed by atoms with Crippen LogP contribution in [0.3, 0.4) is 0 Å². The summed E-state index contributed by atoms with van der Waals surface area (Å²) < 4.78 is 16.9. The van der Waals surface area contributed by atoms with E-state index < -0.39 is 18.5 Å². The number of halogens is 1. The largest absolute Gasteiger partial charge is 0.450 e. The van der Waals surface area contributed by atoms with Gasteiger partial charge in [-0.15, -0.1) is 0 Å². The van der Waals surface area contributed by atoms with Crippen molar-refractivity contribution >= 4 is 55.4 Å². The minimum atomic E-state index is -0.748. The Morgan fingerprint density at radius 2 is 1.90 bits per heavy atom. The molecule has 0 atom stereocenters. The van der Waals surface area contributed by atoms with Crippen LogP contribution in [0.2, 0.25) is 0 Å². The summed E-state index contributed by atoms with van der Waals surface area (Å²) >= 11 is 3.38. The van der Waals surface area contributed by atoms with Gasteiger partial charge in [-0.3, -0.25) is 4.79 Å². The lowest BCUT2D eigenvalue weighted by molar-refractivity contribution is -0.119. The SMILES string of the molecule is Cc1c(C(=O)OCC(=O)Nc2c(C#N)oc3ccccc23)oc2ccc(Br)cc12. The van der Waals surface area contributed by atoms with Gasteiger partial charge in [0.05, 0.1) is 0 Å². The van der Waals surface area contributed by atoms with Crippen molar-refractivity contribution < 1.29 is 23.2 Å². The van der Waals surface area contributed by atoms with Gasteiger partial charge in [-0.1, -0.05) is 28.1 Å². The van der Waals surface area contributed by atoms with E-state index in [1.165, 1.54) is 0 Å². The van der Waals surface area contributed by atoms with Gasteiger partial charge < -0.3 is 18.9 Å². The van der Waals surface area contributed by atoms with Crippen LogP contribution in [-0.4, -0.2) is 18.5 Å². The zero-order chi connectivity index (χ0) is 20.5. The van der Waals surface area contributed by atoms with Gasteiger partial charge in [0.25, 0.3) is 5.91 Å². The first-order valence-electron chi connectivity index (χ1n) is 8.55. The monoisotopic (exact) mass is 452 g/mol. The van der Waals surface area contributed by atoms with Crippen molar-refractivity contribution in [1.82, 2.24) is 0 Å². The average Bonchev–Trinajstić information content (AvgIpc) is 3.24. The predicted molar refractivity (Wildman–Crippen MR) is 108 cm³/mol. The molecule has 0 bridgehead atoms. The number of aryl methyl sites for hydroxylation is 1. The van der Waals surface area contributed by atoms with Crippen LogP contribution in [-0.2, 0) is 9.53 Å². The molecule has 0 saturated heterocycles. The summed E-state index contributed by atoms with van der Waals surface area (Å²) in [5.41, 5.74) is 1.89. The molecule has 0 radical (unpaired) electrons. The number of rotatable bonds is 4. The number of ether oxygens (including phenoxy) is 1. The van der Waals surface area contributed by atoms with E-state index in [1.807, 2.05) is 12.1 Å². The van der Waals surface area contributed by atoms with Crippen LogP contribution in [0.25, 0.3) is 21.9 Å². The smallest absolute Gasteiger partial charge is 0.375 e. The Morgan fingerprint density at radius 3 is 2.69 bits per heavy atom.